The van der Waals surface area contributed by atoms with Crippen LogP contribution in [0.1, 0.15) is 85.0 Å². The molecular formula is C22H34N4O3S. The lowest BCUT2D eigenvalue weighted by atomic mass is 9.94. The molecule has 1 aromatic rings. The van der Waals surface area contributed by atoms with Gasteiger partial charge in [-0.3, -0.25) is 9.59 Å². The highest BCUT2D eigenvalue weighted by Gasteiger charge is 2.29. The molecule has 0 saturated heterocycles. The molecule has 0 atom stereocenters. The zero-order chi connectivity index (χ0) is 21.7. The van der Waals surface area contributed by atoms with Gasteiger partial charge in [-0.25, -0.2) is 4.79 Å². The van der Waals surface area contributed by atoms with Gasteiger partial charge in [-0.05, 0) is 45.1 Å². The molecule has 7 nitrogen and oxygen atoms in total. The van der Waals surface area contributed by atoms with Crippen molar-refractivity contribution >= 4 is 34.2 Å². The van der Waals surface area contributed by atoms with Crippen molar-refractivity contribution in [3.8, 4) is 0 Å². The first-order chi connectivity index (χ1) is 14.4. The second-order valence-electron chi connectivity index (χ2n) is 8.60. The van der Waals surface area contributed by atoms with Gasteiger partial charge in [-0.2, -0.15) is 0 Å². The number of aryl methyl sites for hydroxylation is 1. The number of carbonyl (C=O) groups is 3. The van der Waals surface area contributed by atoms with Crippen LogP contribution in [0.5, 0.6) is 0 Å². The molecular weight excluding hydrogens is 400 g/mol. The number of thiophene rings is 1. The summed E-state index contributed by atoms with van der Waals surface area (Å²) in [6, 6.07) is 0.137. The summed E-state index contributed by atoms with van der Waals surface area (Å²) in [4.78, 5) is 40.5. The molecule has 3 rings (SSSR count). The fourth-order valence-electron chi connectivity index (χ4n) is 4.60. The number of hydrogen-bond donors (Lipinski definition) is 3. The molecule has 4 amide bonds. The molecule has 8 heteroatoms. The van der Waals surface area contributed by atoms with Gasteiger partial charge in [0.2, 0.25) is 5.91 Å². The van der Waals surface area contributed by atoms with Crippen LogP contribution in [0.3, 0.4) is 0 Å². The molecule has 0 spiro atoms. The van der Waals surface area contributed by atoms with Crippen LogP contribution in [-0.4, -0.2) is 41.4 Å². The Kier molecular flexibility index (Phi) is 7.75. The average molecular weight is 435 g/mol. The highest BCUT2D eigenvalue weighted by Crippen LogP contribution is 2.32. The molecule has 2 fully saturated rings. The first-order valence-corrected chi connectivity index (χ1v) is 11.9. The summed E-state index contributed by atoms with van der Waals surface area (Å²) < 4.78 is 0. The lowest BCUT2D eigenvalue weighted by Gasteiger charge is -2.35. The van der Waals surface area contributed by atoms with Crippen molar-refractivity contribution in [3.63, 3.8) is 0 Å². The Morgan fingerprint density at radius 3 is 2.20 bits per heavy atom. The highest BCUT2D eigenvalue weighted by atomic mass is 32.1. The van der Waals surface area contributed by atoms with Crippen LogP contribution >= 0.6 is 11.3 Å². The van der Waals surface area contributed by atoms with Crippen molar-refractivity contribution in [1.82, 2.24) is 10.2 Å². The number of primary amides is 1. The van der Waals surface area contributed by atoms with E-state index in [9.17, 15) is 14.4 Å². The van der Waals surface area contributed by atoms with Gasteiger partial charge in [0.05, 0.1) is 5.56 Å². The molecule has 1 aromatic heterocycles. The first kappa shape index (κ1) is 22.6. The van der Waals surface area contributed by atoms with Crippen LogP contribution < -0.4 is 16.4 Å². The van der Waals surface area contributed by atoms with Crippen LogP contribution in [-0.2, 0) is 4.79 Å². The molecule has 0 aromatic carbocycles. The summed E-state index contributed by atoms with van der Waals surface area (Å²) in [5.41, 5.74) is 6.67. The molecule has 2 saturated carbocycles. The van der Waals surface area contributed by atoms with Crippen molar-refractivity contribution in [2.45, 2.75) is 90.1 Å². The maximum Gasteiger partial charge on any atom is 0.318 e. The SMILES string of the molecule is Cc1sc(NC(=O)CN(C(=O)NC2CCCCC2)C2CCCCC2)c(C(N)=O)c1C. The quantitative estimate of drug-likeness (QED) is 0.628. The van der Waals surface area contributed by atoms with Crippen LogP contribution in [0.4, 0.5) is 9.80 Å². The number of hydrogen-bond acceptors (Lipinski definition) is 4. The number of rotatable bonds is 6. The minimum atomic E-state index is -0.550. The van der Waals surface area contributed by atoms with Crippen molar-refractivity contribution in [1.29, 1.82) is 0 Å². The van der Waals surface area contributed by atoms with Gasteiger partial charge in [-0.15, -0.1) is 11.3 Å². The summed E-state index contributed by atoms with van der Waals surface area (Å²) in [7, 11) is 0. The zero-order valence-electron chi connectivity index (χ0n) is 18.1. The third-order valence-corrected chi connectivity index (χ3v) is 7.53. The van der Waals surface area contributed by atoms with E-state index in [2.05, 4.69) is 10.6 Å². The summed E-state index contributed by atoms with van der Waals surface area (Å²) >= 11 is 1.35. The van der Waals surface area contributed by atoms with Gasteiger partial charge in [0.1, 0.15) is 11.5 Å². The number of nitrogens with one attached hydrogen (secondary N) is 2. The predicted molar refractivity (Wildman–Crippen MR) is 120 cm³/mol. The lowest BCUT2D eigenvalue weighted by Crippen LogP contribution is -2.52. The summed E-state index contributed by atoms with van der Waals surface area (Å²) in [5.74, 6) is -0.838. The largest absolute Gasteiger partial charge is 0.365 e. The normalized spacial score (nSPS) is 18.1. The van der Waals surface area contributed by atoms with E-state index in [0.29, 0.717) is 10.6 Å². The monoisotopic (exact) mass is 434 g/mol. The Morgan fingerprint density at radius 2 is 1.60 bits per heavy atom. The van der Waals surface area contributed by atoms with Gasteiger partial charge >= 0.3 is 6.03 Å². The summed E-state index contributed by atoms with van der Waals surface area (Å²) in [5, 5.41) is 6.47. The lowest BCUT2D eigenvalue weighted by molar-refractivity contribution is -0.117. The van der Waals surface area contributed by atoms with Crippen LogP contribution in [0.2, 0.25) is 0 Å². The molecule has 0 aliphatic heterocycles. The molecule has 2 aliphatic carbocycles. The third kappa shape index (κ3) is 5.53. The van der Waals surface area contributed by atoms with Crippen LogP contribution in [0.15, 0.2) is 0 Å². The summed E-state index contributed by atoms with van der Waals surface area (Å²) in [6.45, 7) is 3.71. The fourth-order valence-corrected chi connectivity index (χ4v) is 5.68. The predicted octanol–water partition coefficient (Wildman–Crippen LogP) is 4.08. The smallest absolute Gasteiger partial charge is 0.318 e. The van der Waals surface area contributed by atoms with E-state index >= 15 is 0 Å². The molecule has 0 unspecified atom stereocenters. The van der Waals surface area contributed by atoms with E-state index in [1.54, 1.807) is 4.90 Å². The van der Waals surface area contributed by atoms with Gasteiger partial charge < -0.3 is 21.3 Å². The second kappa shape index (κ2) is 10.3. The third-order valence-electron chi connectivity index (χ3n) is 6.41. The van der Waals surface area contributed by atoms with E-state index in [4.69, 9.17) is 5.73 Å². The summed E-state index contributed by atoms with van der Waals surface area (Å²) in [6.07, 6.45) is 10.7. The van der Waals surface area contributed by atoms with Gasteiger partial charge in [-0.1, -0.05) is 38.5 Å². The Hall–Kier alpha value is -2.09. The number of nitrogens with two attached hydrogens (primary N) is 1. The van der Waals surface area contributed by atoms with Gasteiger partial charge in [0.15, 0.2) is 0 Å². The number of urea groups is 1. The van der Waals surface area contributed by atoms with E-state index in [-0.39, 0.29) is 30.6 Å². The van der Waals surface area contributed by atoms with Crippen molar-refractivity contribution in [3.05, 3.63) is 16.0 Å². The Balaban J connectivity index is 1.70. The van der Waals surface area contributed by atoms with Crippen molar-refractivity contribution in [2.75, 3.05) is 11.9 Å². The van der Waals surface area contributed by atoms with E-state index in [0.717, 1.165) is 61.8 Å². The van der Waals surface area contributed by atoms with Crippen LogP contribution in [0.25, 0.3) is 0 Å². The number of carbonyl (C=O) groups excluding carboxylic acids is 3. The molecule has 166 valence electrons. The molecule has 30 heavy (non-hydrogen) atoms. The van der Waals surface area contributed by atoms with E-state index < -0.39 is 5.91 Å². The standard InChI is InChI=1S/C22H34N4O3S/c1-14-15(2)30-21(19(14)20(23)28)25-18(27)13-26(17-11-7-4-8-12-17)22(29)24-16-9-5-3-6-10-16/h16-17H,3-13H2,1-2H3,(H2,23,28)(H,24,29)(H,25,27). The second-order valence-corrected chi connectivity index (χ2v) is 9.83. The molecule has 1 heterocycles. The highest BCUT2D eigenvalue weighted by molar-refractivity contribution is 7.16. The molecule has 0 bridgehead atoms. The minimum absolute atomic E-state index is 0.0165. The minimum Gasteiger partial charge on any atom is -0.365 e. The van der Waals surface area contributed by atoms with Crippen molar-refractivity contribution < 1.29 is 14.4 Å². The average Bonchev–Trinajstić information content (AvgIpc) is 3.00. The maximum atomic E-state index is 13.1. The first-order valence-electron chi connectivity index (χ1n) is 11.1. The molecule has 0 radical (unpaired) electrons. The Bertz CT molecular complexity index is 780. The maximum absolute atomic E-state index is 13.1. The Labute approximate surface area is 182 Å². The van der Waals surface area contributed by atoms with Gasteiger partial charge in [0.25, 0.3) is 5.91 Å². The topological polar surface area (TPSA) is 105 Å². The van der Waals surface area contributed by atoms with E-state index in [1.165, 1.54) is 24.2 Å². The van der Waals surface area contributed by atoms with E-state index in [1.807, 2.05) is 13.8 Å². The number of nitrogens with zero attached hydrogens (tertiary/aromatic N) is 1. The zero-order valence-corrected chi connectivity index (χ0v) is 18.9. The van der Waals surface area contributed by atoms with Crippen molar-refractivity contribution in [2.24, 2.45) is 5.73 Å². The number of anilines is 1. The van der Waals surface area contributed by atoms with Crippen LogP contribution in [0, 0.1) is 13.8 Å². The van der Waals surface area contributed by atoms with Gasteiger partial charge in [0, 0.05) is 17.0 Å². The Morgan fingerprint density at radius 1 is 1.00 bits per heavy atom. The molecule has 4 N–H and O–H groups in total. The number of amides is 4. The fraction of sp³-hybridized carbons (Fsp3) is 0.682. The molecule has 2 aliphatic rings.